The highest BCUT2D eigenvalue weighted by Gasteiger charge is 2.45. The van der Waals surface area contributed by atoms with E-state index in [9.17, 15) is 5.26 Å². The molecule has 0 saturated carbocycles. The normalized spacial score (nSPS) is 23.1. The van der Waals surface area contributed by atoms with Gasteiger partial charge in [-0.3, -0.25) is 0 Å². The van der Waals surface area contributed by atoms with Gasteiger partial charge in [-0.25, -0.2) is 10.1 Å². The fourth-order valence-corrected chi connectivity index (χ4v) is 2.87. The van der Waals surface area contributed by atoms with Gasteiger partial charge in [-0.15, -0.1) is 0 Å². The monoisotopic (exact) mass is 332 g/mol. The van der Waals surface area contributed by atoms with E-state index in [4.69, 9.17) is 24.1 Å². The number of benzene rings is 2. The second kappa shape index (κ2) is 7.40. The summed E-state index contributed by atoms with van der Waals surface area (Å²) in [6, 6.07) is 18.7. The van der Waals surface area contributed by atoms with Gasteiger partial charge in [-0.2, -0.15) is 9.78 Å². The minimum absolute atomic E-state index is 0.0280. The van der Waals surface area contributed by atoms with Crippen molar-refractivity contribution in [3.8, 4) is 0 Å². The third kappa shape index (κ3) is 3.21. The van der Waals surface area contributed by atoms with Crippen molar-refractivity contribution >= 4 is 0 Å². The average Bonchev–Trinajstić information content (AvgIpc) is 3.15. The first-order chi connectivity index (χ1) is 11.7. The van der Waals surface area contributed by atoms with Gasteiger partial charge in [0.05, 0.1) is 0 Å². The lowest BCUT2D eigenvalue weighted by Crippen LogP contribution is -2.36. The molecule has 1 fully saturated rings. The molecule has 1 aliphatic rings. The van der Waals surface area contributed by atoms with E-state index in [1.54, 1.807) is 0 Å². The van der Waals surface area contributed by atoms with Crippen molar-refractivity contribution < 1.29 is 29.4 Å². The van der Waals surface area contributed by atoms with Crippen molar-refractivity contribution in [1.29, 1.82) is 0 Å². The second-order valence-electron chi connectivity index (χ2n) is 5.50. The Morgan fingerprint density at radius 1 is 1.08 bits per heavy atom. The van der Waals surface area contributed by atoms with Crippen molar-refractivity contribution in [2.75, 3.05) is 13.9 Å². The molecule has 0 aromatic heterocycles. The highest BCUT2D eigenvalue weighted by molar-refractivity contribution is 5.23. The van der Waals surface area contributed by atoms with Gasteiger partial charge in [0.25, 0.3) is 0 Å². The van der Waals surface area contributed by atoms with Crippen molar-refractivity contribution in [1.82, 2.24) is 0 Å². The second-order valence-corrected chi connectivity index (χ2v) is 5.50. The molecule has 6 heteroatoms. The third-order valence-electron chi connectivity index (χ3n) is 4.22. The Balaban J connectivity index is 1.85. The Morgan fingerprint density at radius 2 is 1.75 bits per heavy atom. The van der Waals surface area contributed by atoms with Crippen LogP contribution in [-0.2, 0) is 35.7 Å². The van der Waals surface area contributed by atoms with Crippen LogP contribution in [0.15, 0.2) is 60.7 Å². The molecule has 0 aliphatic carbocycles. The maximum Gasteiger partial charge on any atom is 0.230 e. The summed E-state index contributed by atoms with van der Waals surface area (Å²) in [5, 5.41) is 9.52. The van der Waals surface area contributed by atoms with Crippen LogP contribution >= 0.6 is 0 Å². The topological polar surface area (TPSA) is 66.4 Å². The molecule has 0 amide bonds. The number of rotatable bonds is 7. The van der Waals surface area contributed by atoms with E-state index >= 15 is 0 Å². The van der Waals surface area contributed by atoms with Crippen LogP contribution in [0.1, 0.15) is 24.0 Å². The average molecular weight is 332 g/mol. The van der Waals surface area contributed by atoms with E-state index in [-0.39, 0.29) is 13.2 Å². The smallest absolute Gasteiger partial charge is 0.230 e. The molecule has 24 heavy (non-hydrogen) atoms. The molecule has 2 atom stereocenters. The number of hydrogen-bond donors (Lipinski definition) is 1. The van der Waals surface area contributed by atoms with Crippen LogP contribution in [-0.4, -0.2) is 19.2 Å². The van der Waals surface area contributed by atoms with Gasteiger partial charge in [0.2, 0.25) is 11.6 Å². The van der Waals surface area contributed by atoms with Crippen LogP contribution in [0.5, 0.6) is 0 Å². The molecule has 0 radical (unpaired) electrons. The van der Waals surface area contributed by atoms with Crippen LogP contribution in [0, 0.1) is 0 Å². The van der Waals surface area contributed by atoms with Crippen molar-refractivity contribution in [3.63, 3.8) is 0 Å². The third-order valence-corrected chi connectivity index (χ3v) is 4.22. The van der Waals surface area contributed by atoms with Crippen molar-refractivity contribution in [3.05, 3.63) is 71.8 Å². The molecule has 1 aliphatic heterocycles. The summed E-state index contributed by atoms with van der Waals surface area (Å²) in [6.45, 7) is 0.0280. The highest BCUT2D eigenvalue weighted by Crippen LogP contribution is 2.41. The zero-order chi connectivity index (χ0) is 16.9. The summed E-state index contributed by atoms with van der Waals surface area (Å²) in [6.07, 6.45) is 0.628. The van der Waals surface area contributed by atoms with Crippen LogP contribution < -0.4 is 0 Å². The molecule has 6 nitrogen and oxygen atoms in total. The first kappa shape index (κ1) is 17.0. The zero-order valence-corrected chi connectivity index (χ0v) is 13.4. The fourth-order valence-electron chi connectivity index (χ4n) is 2.87. The molecule has 1 heterocycles. The number of ether oxygens (including phenoxy) is 2. The largest absolute Gasteiger partial charge is 0.347 e. The molecule has 2 unspecified atom stereocenters. The Bertz CT molecular complexity index is 579. The minimum atomic E-state index is -1.32. The van der Waals surface area contributed by atoms with Crippen LogP contribution in [0.2, 0.25) is 0 Å². The molecule has 0 bridgehead atoms. The Kier molecular flexibility index (Phi) is 5.25. The Labute approximate surface area is 140 Å². The van der Waals surface area contributed by atoms with E-state index in [0.717, 1.165) is 5.56 Å². The zero-order valence-electron chi connectivity index (χ0n) is 13.4. The van der Waals surface area contributed by atoms with Gasteiger partial charge >= 0.3 is 0 Å². The summed E-state index contributed by atoms with van der Waals surface area (Å²) in [7, 11) is 1.48. The molecule has 2 aromatic carbocycles. The van der Waals surface area contributed by atoms with E-state index in [0.29, 0.717) is 12.0 Å². The fraction of sp³-hybridized carbons (Fsp3) is 0.333. The van der Waals surface area contributed by atoms with E-state index in [2.05, 4.69) is 0 Å². The van der Waals surface area contributed by atoms with E-state index in [1.165, 1.54) is 7.11 Å². The lowest BCUT2D eigenvalue weighted by Gasteiger charge is -2.33. The lowest BCUT2D eigenvalue weighted by atomic mass is 9.94. The molecule has 0 spiro atoms. The standard InChI is InChI=1S/C18H20O6/c1-20-17(23-19,15-8-4-2-5-9-15)12-13-18(21-14-22-24-18)16-10-6-3-7-11-16/h2-11,19H,12-14H2,1H3. The van der Waals surface area contributed by atoms with E-state index < -0.39 is 11.6 Å². The molecular weight excluding hydrogens is 312 g/mol. The van der Waals surface area contributed by atoms with Gasteiger partial charge in [0.15, 0.2) is 6.79 Å². The van der Waals surface area contributed by atoms with Crippen LogP contribution in [0.4, 0.5) is 0 Å². The van der Waals surface area contributed by atoms with Crippen LogP contribution in [0.25, 0.3) is 0 Å². The molecule has 2 aromatic rings. The SMILES string of the molecule is COC(CCC1(c2ccccc2)OCOO1)(OO)c1ccccc1. The predicted molar refractivity (Wildman–Crippen MR) is 84.3 cm³/mol. The maximum absolute atomic E-state index is 9.52. The van der Waals surface area contributed by atoms with Crippen LogP contribution in [0.3, 0.4) is 0 Å². The Morgan fingerprint density at radius 3 is 2.29 bits per heavy atom. The quantitative estimate of drug-likeness (QED) is 0.475. The lowest BCUT2D eigenvalue weighted by molar-refractivity contribution is -0.415. The molecule has 128 valence electrons. The van der Waals surface area contributed by atoms with Gasteiger partial charge < -0.3 is 9.47 Å². The predicted octanol–water partition coefficient (Wildman–Crippen LogP) is 3.54. The Hall–Kier alpha value is -1.80. The van der Waals surface area contributed by atoms with Gasteiger partial charge in [0, 0.05) is 31.1 Å². The first-order valence-electron chi connectivity index (χ1n) is 7.68. The molecule has 1 saturated heterocycles. The molecule has 3 rings (SSSR count). The summed E-state index contributed by atoms with van der Waals surface area (Å²) in [5.41, 5.74) is 1.51. The van der Waals surface area contributed by atoms with Gasteiger partial charge in [-0.05, 0) is 0 Å². The summed E-state index contributed by atoms with van der Waals surface area (Å²) in [5.74, 6) is -2.39. The van der Waals surface area contributed by atoms with E-state index in [1.807, 2.05) is 60.7 Å². The van der Waals surface area contributed by atoms with Crippen molar-refractivity contribution in [2.45, 2.75) is 24.4 Å². The highest BCUT2D eigenvalue weighted by atomic mass is 17.3. The molecular formula is C18H20O6. The number of methoxy groups -OCH3 is 1. The van der Waals surface area contributed by atoms with Gasteiger partial charge in [0.1, 0.15) is 0 Å². The summed E-state index contributed by atoms with van der Waals surface area (Å²) >= 11 is 0. The number of hydrogen-bond acceptors (Lipinski definition) is 6. The first-order valence-corrected chi connectivity index (χ1v) is 7.68. The molecule has 1 N–H and O–H groups in total. The van der Waals surface area contributed by atoms with Gasteiger partial charge in [-0.1, -0.05) is 60.7 Å². The minimum Gasteiger partial charge on any atom is -0.347 e. The maximum atomic E-state index is 9.52. The summed E-state index contributed by atoms with van der Waals surface area (Å²) in [4.78, 5) is 15.2. The van der Waals surface area contributed by atoms with Crippen molar-refractivity contribution in [2.24, 2.45) is 0 Å². The summed E-state index contributed by atoms with van der Waals surface area (Å²) < 4.78 is 11.2.